The summed E-state index contributed by atoms with van der Waals surface area (Å²) in [4.78, 5) is 0. The second-order valence-corrected chi connectivity index (χ2v) is 7.00. The topological polar surface area (TPSA) is 81.5 Å². The number of hydrogen-bond acceptors (Lipinski definition) is 7. The van der Waals surface area contributed by atoms with E-state index < -0.39 is 0 Å². The van der Waals surface area contributed by atoms with Gasteiger partial charge in [0.1, 0.15) is 23.0 Å². The predicted octanol–water partition coefficient (Wildman–Crippen LogP) is 3.96. The highest BCUT2D eigenvalue weighted by Gasteiger charge is 2.36. The molecule has 2 N–H and O–H groups in total. The minimum Gasteiger partial charge on any atom is -0.497 e. The Bertz CT molecular complexity index is 884. The third kappa shape index (κ3) is 4.10. The first-order valence-electron chi connectivity index (χ1n) is 9.47. The molecule has 3 rings (SSSR count). The van der Waals surface area contributed by atoms with Crippen molar-refractivity contribution in [3.8, 4) is 23.0 Å². The summed E-state index contributed by atoms with van der Waals surface area (Å²) in [7, 11) is 6.54. The molecule has 7 nitrogen and oxygen atoms in total. The molecule has 156 valence electrons. The van der Waals surface area contributed by atoms with Crippen LogP contribution in [0.5, 0.6) is 23.0 Å². The molecule has 0 radical (unpaired) electrons. The fourth-order valence-electron chi connectivity index (χ4n) is 3.89. The lowest BCUT2D eigenvalue weighted by Crippen LogP contribution is -2.41. The zero-order valence-corrected chi connectivity index (χ0v) is 17.4. The standard InChI is InChI=1S/C22H28N2O5/c1-13-18(24-25)12-19(16-10-14(26-2)6-8-20(16)28-4)23-22(13)17-11-15(27-3)7-9-21(17)29-5/h6-11,13,19,22-23,25H,12H2,1-5H3/b24-18-. The second-order valence-electron chi connectivity index (χ2n) is 7.00. The highest BCUT2D eigenvalue weighted by Crippen LogP contribution is 2.42. The molecule has 2 aromatic carbocycles. The molecule has 0 saturated carbocycles. The Balaban J connectivity index is 2.07. The van der Waals surface area contributed by atoms with Gasteiger partial charge in [-0.2, -0.15) is 0 Å². The molecule has 0 aliphatic carbocycles. The van der Waals surface area contributed by atoms with Gasteiger partial charge in [-0.1, -0.05) is 12.1 Å². The van der Waals surface area contributed by atoms with Crippen molar-refractivity contribution in [2.24, 2.45) is 11.1 Å². The molecule has 3 atom stereocenters. The summed E-state index contributed by atoms with van der Waals surface area (Å²) in [5.74, 6) is 2.91. The van der Waals surface area contributed by atoms with E-state index in [2.05, 4.69) is 10.5 Å². The molecule has 2 aromatic rings. The number of ether oxygens (including phenoxy) is 4. The summed E-state index contributed by atoms with van der Waals surface area (Å²) < 4.78 is 22.0. The minimum atomic E-state index is -0.152. The van der Waals surface area contributed by atoms with E-state index in [1.807, 2.05) is 43.3 Å². The van der Waals surface area contributed by atoms with Crippen LogP contribution in [0, 0.1) is 5.92 Å². The molecule has 7 heteroatoms. The van der Waals surface area contributed by atoms with Gasteiger partial charge in [0.2, 0.25) is 0 Å². The smallest absolute Gasteiger partial charge is 0.123 e. The zero-order valence-electron chi connectivity index (χ0n) is 17.4. The molecule has 1 aliphatic rings. The predicted molar refractivity (Wildman–Crippen MR) is 111 cm³/mol. The first kappa shape index (κ1) is 20.8. The van der Waals surface area contributed by atoms with Gasteiger partial charge in [0, 0.05) is 35.5 Å². The van der Waals surface area contributed by atoms with Gasteiger partial charge in [-0.05, 0) is 36.4 Å². The van der Waals surface area contributed by atoms with Gasteiger partial charge in [0.15, 0.2) is 0 Å². The molecule has 1 saturated heterocycles. The van der Waals surface area contributed by atoms with Gasteiger partial charge >= 0.3 is 0 Å². The third-order valence-corrected chi connectivity index (χ3v) is 5.53. The summed E-state index contributed by atoms with van der Waals surface area (Å²) in [6.45, 7) is 2.03. The zero-order chi connectivity index (χ0) is 21.0. The lowest BCUT2D eigenvalue weighted by atomic mass is 9.81. The van der Waals surface area contributed by atoms with E-state index >= 15 is 0 Å². The van der Waals surface area contributed by atoms with Crippen LogP contribution in [0.3, 0.4) is 0 Å². The van der Waals surface area contributed by atoms with Crippen molar-refractivity contribution in [2.75, 3.05) is 28.4 Å². The largest absolute Gasteiger partial charge is 0.497 e. The van der Waals surface area contributed by atoms with Crippen molar-refractivity contribution in [1.82, 2.24) is 5.32 Å². The van der Waals surface area contributed by atoms with E-state index in [0.717, 1.165) is 34.1 Å². The van der Waals surface area contributed by atoms with E-state index in [1.54, 1.807) is 28.4 Å². The second kappa shape index (κ2) is 9.05. The Labute approximate surface area is 171 Å². The Kier molecular flexibility index (Phi) is 6.49. The maximum atomic E-state index is 9.69. The SMILES string of the molecule is COc1ccc(OC)c(C2C/C(=N/O)C(C)C(c3cc(OC)ccc3OC)N2)c1. The average Bonchev–Trinajstić information content (AvgIpc) is 2.78. The van der Waals surface area contributed by atoms with Crippen molar-refractivity contribution < 1.29 is 24.2 Å². The number of nitrogens with one attached hydrogen (secondary N) is 1. The van der Waals surface area contributed by atoms with Crippen molar-refractivity contribution >= 4 is 5.71 Å². The maximum absolute atomic E-state index is 9.69. The highest BCUT2D eigenvalue weighted by molar-refractivity contribution is 5.88. The Morgan fingerprint density at radius 1 is 0.862 bits per heavy atom. The Hall–Kier alpha value is -2.93. The van der Waals surface area contributed by atoms with E-state index in [9.17, 15) is 5.21 Å². The molecule has 1 fully saturated rings. The van der Waals surface area contributed by atoms with E-state index in [-0.39, 0.29) is 18.0 Å². The van der Waals surface area contributed by atoms with E-state index in [1.165, 1.54) is 0 Å². The molecule has 29 heavy (non-hydrogen) atoms. The molecule has 0 aromatic heterocycles. The van der Waals surface area contributed by atoms with Gasteiger partial charge < -0.3 is 29.5 Å². The normalized spacial score (nSPS) is 22.9. The summed E-state index contributed by atoms with van der Waals surface area (Å²) in [6.07, 6.45) is 0.546. The quantitative estimate of drug-likeness (QED) is 0.564. The number of oxime groups is 1. The Morgan fingerprint density at radius 2 is 1.41 bits per heavy atom. The number of methoxy groups -OCH3 is 4. The molecular formula is C22H28N2O5. The number of rotatable bonds is 6. The van der Waals surface area contributed by atoms with Crippen molar-refractivity contribution in [2.45, 2.75) is 25.4 Å². The minimum absolute atomic E-state index is 0.0474. The summed E-state index contributed by atoms with van der Waals surface area (Å²) in [5, 5.41) is 17.0. The number of hydrogen-bond donors (Lipinski definition) is 2. The monoisotopic (exact) mass is 400 g/mol. The van der Waals surface area contributed by atoms with E-state index in [4.69, 9.17) is 18.9 Å². The van der Waals surface area contributed by atoms with Gasteiger partial charge in [0.25, 0.3) is 0 Å². The highest BCUT2D eigenvalue weighted by atomic mass is 16.5. The van der Waals surface area contributed by atoms with Crippen LogP contribution in [-0.4, -0.2) is 39.4 Å². The average molecular weight is 400 g/mol. The van der Waals surface area contributed by atoms with Crippen LogP contribution in [-0.2, 0) is 0 Å². The fourth-order valence-corrected chi connectivity index (χ4v) is 3.89. The maximum Gasteiger partial charge on any atom is 0.123 e. The first-order chi connectivity index (χ1) is 14.1. The molecule has 3 unspecified atom stereocenters. The van der Waals surface area contributed by atoms with Crippen molar-refractivity contribution in [3.05, 3.63) is 47.5 Å². The van der Waals surface area contributed by atoms with Crippen LogP contribution in [0.15, 0.2) is 41.6 Å². The van der Waals surface area contributed by atoms with Gasteiger partial charge in [-0.3, -0.25) is 0 Å². The lowest BCUT2D eigenvalue weighted by Gasteiger charge is -2.38. The molecule has 1 aliphatic heterocycles. The number of piperidine rings is 1. The Morgan fingerprint density at radius 3 is 1.93 bits per heavy atom. The van der Waals surface area contributed by atoms with Crippen LogP contribution < -0.4 is 24.3 Å². The molecule has 0 bridgehead atoms. The first-order valence-corrected chi connectivity index (χ1v) is 9.47. The van der Waals surface area contributed by atoms with Gasteiger partial charge in [0.05, 0.1) is 34.2 Å². The van der Waals surface area contributed by atoms with E-state index in [0.29, 0.717) is 12.1 Å². The molecule has 0 amide bonds. The van der Waals surface area contributed by atoms with Crippen LogP contribution in [0.4, 0.5) is 0 Å². The molecule has 0 spiro atoms. The van der Waals surface area contributed by atoms with Crippen LogP contribution in [0.2, 0.25) is 0 Å². The third-order valence-electron chi connectivity index (χ3n) is 5.53. The number of nitrogens with zero attached hydrogens (tertiary/aromatic N) is 1. The fraction of sp³-hybridized carbons (Fsp3) is 0.409. The lowest BCUT2D eigenvalue weighted by molar-refractivity contribution is 0.288. The number of benzene rings is 2. The molecular weight excluding hydrogens is 372 g/mol. The summed E-state index contributed by atoms with van der Waals surface area (Å²) in [5.41, 5.74) is 2.58. The summed E-state index contributed by atoms with van der Waals surface area (Å²) >= 11 is 0. The van der Waals surface area contributed by atoms with Crippen molar-refractivity contribution in [3.63, 3.8) is 0 Å². The van der Waals surface area contributed by atoms with Crippen LogP contribution in [0.1, 0.15) is 36.6 Å². The van der Waals surface area contributed by atoms with Crippen molar-refractivity contribution in [1.29, 1.82) is 0 Å². The van der Waals surface area contributed by atoms with Crippen LogP contribution >= 0.6 is 0 Å². The molecule has 1 heterocycles. The summed E-state index contributed by atoms with van der Waals surface area (Å²) in [6, 6.07) is 11.1. The van der Waals surface area contributed by atoms with Crippen LogP contribution in [0.25, 0.3) is 0 Å². The van der Waals surface area contributed by atoms with Gasteiger partial charge in [-0.25, -0.2) is 0 Å². The van der Waals surface area contributed by atoms with Gasteiger partial charge in [-0.15, -0.1) is 0 Å².